The number of ketones is 1. The lowest BCUT2D eigenvalue weighted by atomic mass is 9.99. The van der Waals surface area contributed by atoms with E-state index in [9.17, 15) is 4.79 Å². The van der Waals surface area contributed by atoms with Crippen molar-refractivity contribution < 1.29 is 13.9 Å². The van der Waals surface area contributed by atoms with E-state index in [1.807, 2.05) is 41.0 Å². The van der Waals surface area contributed by atoms with Gasteiger partial charge in [0.05, 0.1) is 25.2 Å². The SMILES string of the molecule is COc1cccc(-c2nnc(S[C@H]3CCCCC3=O)n2Cc2ccco2)c1. The van der Waals surface area contributed by atoms with E-state index in [1.54, 1.807) is 13.4 Å². The molecule has 1 saturated carbocycles. The summed E-state index contributed by atoms with van der Waals surface area (Å²) in [4.78, 5) is 12.3. The molecule has 0 N–H and O–H groups in total. The van der Waals surface area contributed by atoms with Crippen LogP contribution >= 0.6 is 11.8 Å². The van der Waals surface area contributed by atoms with Gasteiger partial charge in [0.1, 0.15) is 17.3 Å². The van der Waals surface area contributed by atoms with Gasteiger partial charge in [-0.25, -0.2) is 0 Å². The molecule has 2 heterocycles. The predicted octanol–water partition coefficient (Wildman–Crippen LogP) is 4.20. The lowest BCUT2D eigenvalue weighted by molar-refractivity contribution is -0.119. The minimum Gasteiger partial charge on any atom is -0.497 e. The van der Waals surface area contributed by atoms with E-state index in [1.165, 1.54) is 11.8 Å². The van der Waals surface area contributed by atoms with E-state index in [0.717, 1.165) is 47.3 Å². The number of ether oxygens (including phenoxy) is 1. The highest BCUT2D eigenvalue weighted by Gasteiger charge is 2.26. The number of carbonyl (C=O) groups is 1. The molecule has 1 atom stereocenters. The average molecular weight is 383 g/mol. The third-order valence-corrected chi connectivity index (χ3v) is 5.98. The van der Waals surface area contributed by atoms with Gasteiger partial charge in [-0.2, -0.15) is 0 Å². The number of carbonyl (C=O) groups excluding carboxylic acids is 1. The summed E-state index contributed by atoms with van der Waals surface area (Å²) in [5, 5.41) is 9.51. The average Bonchev–Trinajstić information content (AvgIpc) is 3.35. The van der Waals surface area contributed by atoms with Crippen LogP contribution in [0, 0.1) is 0 Å². The van der Waals surface area contributed by atoms with Crippen LogP contribution in [0.1, 0.15) is 31.4 Å². The second-order valence-corrected chi connectivity index (χ2v) is 7.69. The molecular formula is C20H21N3O3S. The molecule has 4 rings (SSSR count). The van der Waals surface area contributed by atoms with Crippen molar-refractivity contribution in [2.24, 2.45) is 0 Å². The molecule has 6 nitrogen and oxygen atoms in total. The molecule has 1 aromatic carbocycles. The third kappa shape index (κ3) is 3.93. The number of hydrogen-bond acceptors (Lipinski definition) is 6. The molecule has 0 radical (unpaired) electrons. The molecule has 1 aliphatic carbocycles. The first-order valence-corrected chi connectivity index (χ1v) is 9.92. The maximum atomic E-state index is 12.3. The van der Waals surface area contributed by atoms with Crippen molar-refractivity contribution in [3.05, 3.63) is 48.4 Å². The van der Waals surface area contributed by atoms with Gasteiger partial charge in [-0.3, -0.25) is 9.36 Å². The van der Waals surface area contributed by atoms with Crippen molar-refractivity contribution in [3.63, 3.8) is 0 Å². The molecule has 27 heavy (non-hydrogen) atoms. The van der Waals surface area contributed by atoms with Gasteiger partial charge in [0.2, 0.25) is 0 Å². The Bertz CT molecular complexity index is 920. The molecule has 0 amide bonds. The number of rotatable bonds is 6. The summed E-state index contributed by atoms with van der Waals surface area (Å²) >= 11 is 1.51. The fourth-order valence-electron chi connectivity index (χ4n) is 3.26. The van der Waals surface area contributed by atoms with Crippen molar-refractivity contribution in [2.45, 2.75) is 42.6 Å². The molecule has 0 unspecified atom stereocenters. The van der Waals surface area contributed by atoms with Gasteiger partial charge in [0.25, 0.3) is 0 Å². The molecule has 0 bridgehead atoms. The lowest BCUT2D eigenvalue weighted by Gasteiger charge is -2.19. The largest absolute Gasteiger partial charge is 0.497 e. The lowest BCUT2D eigenvalue weighted by Crippen LogP contribution is -2.22. The quantitative estimate of drug-likeness (QED) is 0.635. The Balaban J connectivity index is 1.70. The van der Waals surface area contributed by atoms with Gasteiger partial charge in [-0.1, -0.05) is 30.3 Å². The molecule has 3 aromatic rings. The Morgan fingerprint density at radius 1 is 1.26 bits per heavy atom. The number of benzene rings is 1. The first-order chi connectivity index (χ1) is 13.2. The van der Waals surface area contributed by atoms with Crippen molar-refractivity contribution in [2.75, 3.05) is 7.11 Å². The highest BCUT2D eigenvalue weighted by Crippen LogP contribution is 2.33. The molecule has 7 heteroatoms. The Labute approximate surface area is 161 Å². The van der Waals surface area contributed by atoms with E-state index < -0.39 is 0 Å². The van der Waals surface area contributed by atoms with Crippen molar-refractivity contribution in [1.82, 2.24) is 14.8 Å². The summed E-state index contributed by atoms with van der Waals surface area (Å²) in [7, 11) is 1.64. The zero-order chi connectivity index (χ0) is 18.6. The number of methoxy groups -OCH3 is 1. The Kier molecular flexibility index (Phi) is 5.29. The minimum atomic E-state index is -0.0449. The molecule has 0 aliphatic heterocycles. The molecule has 1 aliphatic rings. The predicted molar refractivity (Wildman–Crippen MR) is 103 cm³/mol. The van der Waals surface area contributed by atoms with Gasteiger partial charge in [-0.15, -0.1) is 10.2 Å². The second kappa shape index (κ2) is 8.00. The number of nitrogens with zero attached hydrogens (tertiary/aromatic N) is 3. The summed E-state index contributed by atoms with van der Waals surface area (Å²) in [5.74, 6) is 2.62. The van der Waals surface area contributed by atoms with Crippen LogP contribution in [-0.4, -0.2) is 32.9 Å². The summed E-state index contributed by atoms with van der Waals surface area (Å²) in [6.45, 7) is 0.510. The highest BCUT2D eigenvalue weighted by atomic mass is 32.2. The summed E-state index contributed by atoms with van der Waals surface area (Å²) in [6.07, 6.45) is 5.28. The van der Waals surface area contributed by atoms with E-state index >= 15 is 0 Å². The van der Waals surface area contributed by atoms with E-state index in [-0.39, 0.29) is 5.25 Å². The first-order valence-electron chi connectivity index (χ1n) is 9.04. The van der Waals surface area contributed by atoms with Gasteiger partial charge in [0, 0.05) is 12.0 Å². The van der Waals surface area contributed by atoms with Crippen LogP contribution in [0.25, 0.3) is 11.4 Å². The monoisotopic (exact) mass is 383 g/mol. The number of furan rings is 1. The zero-order valence-corrected chi connectivity index (χ0v) is 15.9. The first kappa shape index (κ1) is 17.9. The van der Waals surface area contributed by atoms with E-state index in [0.29, 0.717) is 18.7 Å². The van der Waals surface area contributed by atoms with Gasteiger partial charge in [0.15, 0.2) is 11.0 Å². The van der Waals surface area contributed by atoms with Gasteiger partial charge >= 0.3 is 0 Å². The van der Waals surface area contributed by atoms with Crippen molar-refractivity contribution >= 4 is 17.5 Å². The molecule has 1 fully saturated rings. The second-order valence-electron chi connectivity index (χ2n) is 6.52. The van der Waals surface area contributed by atoms with Crippen LogP contribution in [-0.2, 0) is 11.3 Å². The third-order valence-electron chi connectivity index (χ3n) is 4.69. The minimum absolute atomic E-state index is 0.0449. The van der Waals surface area contributed by atoms with Crippen LogP contribution < -0.4 is 4.74 Å². The highest BCUT2D eigenvalue weighted by molar-refractivity contribution is 8.00. The van der Waals surface area contributed by atoms with Crippen LogP contribution in [0.3, 0.4) is 0 Å². The smallest absolute Gasteiger partial charge is 0.192 e. The van der Waals surface area contributed by atoms with E-state index in [2.05, 4.69) is 10.2 Å². The fourth-order valence-corrected chi connectivity index (χ4v) is 4.41. The number of aromatic nitrogens is 3. The van der Waals surface area contributed by atoms with Gasteiger partial charge < -0.3 is 9.15 Å². The molecule has 2 aromatic heterocycles. The number of Topliss-reactive ketones (excluding diaryl/α,β-unsaturated/α-hetero) is 1. The zero-order valence-electron chi connectivity index (χ0n) is 15.1. The molecule has 0 spiro atoms. The molecule has 140 valence electrons. The topological polar surface area (TPSA) is 70.2 Å². The van der Waals surface area contributed by atoms with Crippen molar-refractivity contribution in [1.29, 1.82) is 0 Å². The fraction of sp³-hybridized carbons (Fsp3) is 0.350. The Morgan fingerprint density at radius 3 is 2.96 bits per heavy atom. The maximum absolute atomic E-state index is 12.3. The van der Waals surface area contributed by atoms with Gasteiger partial charge in [-0.05, 0) is 37.1 Å². The van der Waals surface area contributed by atoms with Crippen LogP contribution in [0.2, 0.25) is 0 Å². The van der Waals surface area contributed by atoms with Crippen LogP contribution in [0.15, 0.2) is 52.2 Å². The molecule has 0 saturated heterocycles. The number of thioether (sulfide) groups is 1. The van der Waals surface area contributed by atoms with Crippen LogP contribution in [0.4, 0.5) is 0 Å². The maximum Gasteiger partial charge on any atom is 0.192 e. The summed E-state index contributed by atoms with van der Waals surface area (Å²) in [5.41, 5.74) is 0.912. The standard InChI is InChI=1S/C20H21N3O3S/c1-25-15-7-4-6-14(12-15)19-21-22-20(23(19)13-16-8-5-11-26-16)27-18-10-3-2-9-17(18)24/h4-8,11-12,18H,2-3,9-10,13H2,1H3/t18-/m0/s1. The number of hydrogen-bond donors (Lipinski definition) is 0. The summed E-state index contributed by atoms with van der Waals surface area (Å²) < 4.78 is 12.9. The van der Waals surface area contributed by atoms with E-state index in [4.69, 9.17) is 9.15 Å². The van der Waals surface area contributed by atoms with Crippen molar-refractivity contribution in [3.8, 4) is 17.1 Å². The normalized spacial score (nSPS) is 17.2. The van der Waals surface area contributed by atoms with Crippen LogP contribution in [0.5, 0.6) is 5.75 Å². The Hall–Kier alpha value is -2.54. The Morgan fingerprint density at radius 2 is 2.19 bits per heavy atom. The molecular weight excluding hydrogens is 362 g/mol. The summed E-state index contributed by atoms with van der Waals surface area (Å²) in [6, 6.07) is 11.5.